The van der Waals surface area contributed by atoms with E-state index in [4.69, 9.17) is 9.72 Å². The van der Waals surface area contributed by atoms with Crippen LogP contribution in [0.15, 0.2) is 53.0 Å². The predicted molar refractivity (Wildman–Crippen MR) is 107 cm³/mol. The number of hydrogen-bond donors (Lipinski definition) is 0. The van der Waals surface area contributed by atoms with Gasteiger partial charge in [-0.3, -0.25) is 4.79 Å². The number of fused-ring (bicyclic) bond motifs is 1. The Hall–Kier alpha value is -2.18. The average molecular weight is 429 g/mol. The van der Waals surface area contributed by atoms with E-state index in [0.717, 1.165) is 38.5 Å². The molecule has 6 heteroatoms. The molecule has 1 aliphatic rings. The summed E-state index contributed by atoms with van der Waals surface area (Å²) in [6, 6.07) is 15.4. The van der Waals surface area contributed by atoms with Crippen LogP contribution >= 0.6 is 27.3 Å². The Kier molecular flexibility index (Phi) is 4.78. The van der Waals surface area contributed by atoms with E-state index in [1.807, 2.05) is 53.4 Å². The maximum atomic E-state index is 12.7. The number of carbonyl (C=O) groups is 1. The number of hydrogen-bond acceptors (Lipinski definition) is 4. The first kappa shape index (κ1) is 17.2. The van der Waals surface area contributed by atoms with Gasteiger partial charge in [0, 0.05) is 33.4 Å². The number of amides is 1. The SMILES string of the molecule is COc1ccc(-c2nc3c(s2)CN(C(=O)c2ccc(Br)cc2)CC3)cc1. The van der Waals surface area contributed by atoms with Crippen LogP contribution in [0, 0.1) is 0 Å². The minimum atomic E-state index is 0.0718. The summed E-state index contributed by atoms with van der Waals surface area (Å²) in [6.45, 7) is 1.33. The number of halogens is 1. The molecule has 1 aromatic heterocycles. The van der Waals surface area contributed by atoms with Gasteiger partial charge in [0.25, 0.3) is 5.91 Å². The molecule has 0 atom stereocenters. The summed E-state index contributed by atoms with van der Waals surface area (Å²) in [4.78, 5) is 20.6. The third-order valence-corrected chi connectivity index (χ3v) is 6.11. The second-order valence-corrected chi connectivity index (χ2v) is 8.10. The van der Waals surface area contributed by atoms with Crippen molar-refractivity contribution in [1.82, 2.24) is 9.88 Å². The van der Waals surface area contributed by atoms with Crippen LogP contribution in [-0.2, 0) is 13.0 Å². The number of rotatable bonds is 3. The third kappa shape index (κ3) is 3.39. The molecule has 4 nitrogen and oxygen atoms in total. The molecule has 0 bridgehead atoms. The van der Waals surface area contributed by atoms with E-state index in [1.54, 1.807) is 18.4 Å². The summed E-state index contributed by atoms with van der Waals surface area (Å²) in [5, 5.41) is 0.996. The summed E-state index contributed by atoms with van der Waals surface area (Å²) in [5.41, 5.74) is 2.91. The van der Waals surface area contributed by atoms with Crippen molar-refractivity contribution in [2.75, 3.05) is 13.7 Å². The monoisotopic (exact) mass is 428 g/mol. The Morgan fingerprint density at radius 1 is 1.15 bits per heavy atom. The highest BCUT2D eigenvalue weighted by atomic mass is 79.9. The standard InChI is InChI=1S/C20H17BrN2O2S/c1-25-16-8-4-13(5-9-16)19-22-17-10-11-23(12-18(17)26-19)20(24)14-2-6-15(21)7-3-14/h2-9H,10-12H2,1H3. The van der Waals surface area contributed by atoms with Crippen molar-refractivity contribution in [1.29, 1.82) is 0 Å². The number of carbonyl (C=O) groups excluding carboxylic acids is 1. The van der Waals surface area contributed by atoms with Crippen LogP contribution < -0.4 is 4.74 Å². The van der Waals surface area contributed by atoms with Gasteiger partial charge >= 0.3 is 0 Å². The van der Waals surface area contributed by atoms with E-state index < -0.39 is 0 Å². The van der Waals surface area contributed by atoms with Gasteiger partial charge in [-0.2, -0.15) is 0 Å². The van der Waals surface area contributed by atoms with Crippen LogP contribution in [0.2, 0.25) is 0 Å². The van der Waals surface area contributed by atoms with E-state index in [2.05, 4.69) is 15.9 Å². The van der Waals surface area contributed by atoms with Crippen molar-refractivity contribution in [3.63, 3.8) is 0 Å². The van der Waals surface area contributed by atoms with Gasteiger partial charge in [-0.1, -0.05) is 15.9 Å². The normalized spacial score (nSPS) is 13.4. The van der Waals surface area contributed by atoms with Crippen LogP contribution in [0.4, 0.5) is 0 Å². The van der Waals surface area contributed by atoms with Crippen LogP contribution in [-0.4, -0.2) is 29.4 Å². The number of methoxy groups -OCH3 is 1. The highest BCUT2D eigenvalue weighted by Crippen LogP contribution is 2.33. The molecule has 0 N–H and O–H groups in total. The van der Waals surface area contributed by atoms with Crippen molar-refractivity contribution in [3.8, 4) is 16.3 Å². The minimum absolute atomic E-state index is 0.0718. The number of nitrogens with zero attached hydrogens (tertiary/aromatic N) is 2. The molecule has 2 heterocycles. The number of thiazole rings is 1. The molecule has 0 saturated carbocycles. The molecule has 26 heavy (non-hydrogen) atoms. The molecule has 3 aromatic rings. The third-order valence-electron chi connectivity index (χ3n) is 4.45. The zero-order valence-electron chi connectivity index (χ0n) is 14.2. The Bertz CT molecular complexity index is 935. The van der Waals surface area contributed by atoms with E-state index in [-0.39, 0.29) is 5.91 Å². The molecule has 1 amide bonds. The van der Waals surface area contributed by atoms with Gasteiger partial charge in [0.2, 0.25) is 0 Å². The highest BCUT2D eigenvalue weighted by Gasteiger charge is 2.25. The molecule has 1 aliphatic heterocycles. The molecule has 0 spiro atoms. The van der Waals surface area contributed by atoms with Gasteiger partial charge in [-0.05, 0) is 48.5 Å². The van der Waals surface area contributed by atoms with Crippen molar-refractivity contribution in [2.24, 2.45) is 0 Å². The van der Waals surface area contributed by atoms with E-state index >= 15 is 0 Å². The van der Waals surface area contributed by atoms with Gasteiger partial charge in [0.05, 0.1) is 19.3 Å². The molecule has 0 radical (unpaired) electrons. The first-order chi connectivity index (χ1) is 12.6. The smallest absolute Gasteiger partial charge is 0.254 e. The summed E-state index contributed by atoms with van der Waals surface area (Å²) < 4.78 is 6.19. The van der Waals surface area contributed by atoms with Crippen molar-refractivity contribution in [3.05, 3.63) is 69.1 Å². The maximum Gasteiger partial charge on any atom is 0.254 e. The van der Waals surface area contributed by atoms with Crippen LogP contribution in [0.25, 0.3) is 10.6 Å². The van der Waals surface area contributed by atoms with Crippen LogP contribution in [0.5, 0.6) is 5.75 Å². The predicted octanol–water partition coefficient (Wildman–Crippen LogP) is 4.78. The zero-order chi connectivity index (χ0) is 18.1. The topological polar surface area (TPSA) is 42.4 Å². The second-order valence-electron chi connectivity index (χ2n) is 6.10. The van der Waals surface area contributed by atoms with Crippen LogP contribution in [0.3, 0.4) is 0 Å². The molecule has 2 aromatic carbocycles. The van der Waals surface area contributed by atoms with Gasteiger partial charge < -0.3 is 9.64 Å². The van der Waals surface area contributed by atoms with Crippen molar-refractivity contribution >= 4 is 33.2 Å². The summed E-state index contributed by atoms with van der Waals surface area (Å²) in [6.07, 6.45) is 0.796. The molecule has 4 rings (SSSR count). The highest BCUT2D eigenvalue weighted by molar-refractivity contribution is 9.10. The van der Waals surface area contributed by atoms with Gasteiger partial charge in [-0.15, -0.1) is 11.3 Å². The van der Waals surface area contributed by atoms with E-state index in [9.17, 15) is 4.79 Å². The summed E-state index contributed by atoms with van der Waals surface area (Å²) in [5.74, 6) is 0.906. The van der Waals surface area contributed by atoms with Gasteiger partial charge in [0.15, 0.2) is 0 Å². The molecular weight excluding hydrogens is 412 g/mol. The molecule has 0 aliphatic carbocycles. The zero-order valence-corrected chi connectivity index (χ0v) is 16.6. The maximum absolute atomic E-state index is 12.7. The first-order valence-corrected chi connectivity index (χ1v) is 9.93. The quantitative estimate of drug-likeness (QED) is 0.602. The lowest BCUT2D eigenvalue weighted by molar-refractivity contribution is 0.0736. The fourth-order valence-corrected chi connectivity index (χ4v) is 4.39. The largest absolute Gasteiger partial charge is 0.497 e. The lowest BCUT2D eigenvalue weighted by atomic mass is 10.1. The minimum Gasteiger partial charge on any atom is -0.497 e. The lowest BCUT2D eigenvalue weighted by Gasteiger charge is -2.26. The molecule has 0 saturated heterocycles. The van der Waals surface area contributed by atoms with Crippen molar-refractivity contribution in [2.45, 2.75) is 13.0 Å². The first-order valence-electron chi connectivity index (χ1n) is 8.32. The molecule has 0 unspecified atom stereocenters. The second kappa shape index (κ2) is 7.21. The summed E-state index contributed by atoms with van der Waals surface area (Å²) >= 11 is 5.07. The molecular formula is C20H17BrN2O2S. The Labute approximate surface area is 164 Å². The van der Waals surface area contributed by atoms with E-state index in [1.165, 1.54) is 4.88 Å². The van der Waals surface area contributed by atoms with E-state index in [0.29, 0.717) is 13.1 Å². The number of aromatic nitrogens is 1. The van der Waals surface area contributed by atoms with Crippen molar-refractivity contribution < 1.29 is 9.53 Å². The number of ether oxygens (including phenoxy) is 1. The van der Waals surface area contributed by atoms with Gasteiger partial charge in [-0.25, -0.2) is 4.98 Å². The molecule has 132 valence electrons. The molecule has 0 fully saturated rings. The Balaban J connectivity index is 1.54. The Morgan fingerprint density at radius 2 is 1.88 bits per heavy atom. The van der Waals surface area contributed by atoms with Gasteiger partial charge in [0.1, 0.15) is 10.8 Å². The number of benzene rings is 2. The summed E-state index contributed by atoms with van der Waals surface area (Å²) in [7, 11) is 1.66. The fraction of sp³-hybridized carbons (Fsp3) is 0.200. The fourth-order valence-electron chi connectivity index (χ4n) is 3.00. The Morgan fingerprint density at radius 3 is 2.58 bits per heavy atom. The van der Waals surface area contributed by atoms with Crippen LogP contribution in [0.1, 0.15) is 20.9 Å². The lowest BCUT2D eigenvalue weighted by Crippen LogP contribution is -2.35. The average Bonchev–Trinajstić information content (AvgIpc) is 3.11.